The van der Waals surface area contributed by atoms with E-state index < -0.39 is 8.07 Å². The molecular formula is C45H29NOSi. The Morgan fingerprint density at radius 2 is 1.00 bits per heavy atom. The van der Waals surface area contributed by atoms with Crippen molar-refractivity contribution in [2.75, 3.05) is 0 Å². The van der Waals surface area contributed by atoms with Crippen molar-refractivity contribution in [3.63, 3.8) is 0 Å². The van der Waals surface area contributed by atoms with Crippen molar-refractivity contribution < 1.29 is 4.42 Å². The van der Waals surface area contributed by atoms with E-state index in [0.29, 0.717) is 0 Å². The van der Waals surface area contributed by atoms with Crippen LogP contribution >= 0.6 is 0 Å². The molecule has 224 valence electrons. The first-order valence-electron chi connectivity index (χ1n) is 16.2. The lowest BCUT2D eigenvalue weighted by Gasteiger charge is -2.28. The number of benzene rings is 7. The molecule has 7 aromatic carbocycles. The Hall–Kier alpha value is -6.21. The average molecular weight is 628 g/mol. The Balaban J connectivity index is 1.39. The Morgan fingerprint density at radius 1 is 0.458 bits per heavy atom. The predicted octanol–water partition coefficient (Wildman–Crippen LogP) is 9.02. The van der Waals surface area contributed by atoms with Gasteiger partial charge in [0.1, 0.15) is 11.2 Å². The van der Waals surface area contributed by atoms with E-state index in [0.717, 1.165) is 38.3 Å². The zero-order chi connectivity index (χ0) is 31.9. The number of hydrogen-bond donors (Lipinski definition) is 0. The van der Waals surface area contributed by atoms with Crippen LogP contribution in [0, 0.1) is 11.5 Å². The maximum absolute atomic E-state index is 6.24. The summed E-state index contributed by atoms with van der Waals surface area (Å²) in [7, 11) is -2.96. The summed E-state index contributed by atoms with van der Waals surface area (Å²) in [5, 5.41) is 10.5. The van der Waals surface area contributed by atoms with E-state index in [4.69, 9.17) is 4.42 Å². The van der Waals surface area contributed by atoms with Gasteiger partial charge in [0, 0.05) is 28.7 Å². The highest BCUT2D eigenvalue weighted by atomic mass is 28.3. The molecule has 0 radical (unpaired) electrons. The Morgan fingerprint density at radius 3 is 1.62 bits per heavy atom. The van der Waals surface area contributed by atoms with Gasteiger partial charge in [-0.25, -0.2) is 0 Å². The van der Waals surface area contributed by atoms with E-state index in [2.05, 4.69) is 174 Å². The van der Waals surface area contributed by atoms with Crippen LogP contribution in [-0.2, 0) is 0 Å². The molecule has 0 aliphatic carbocycles. The number of hydrogen-bond acceptors (Lipinski definition) is 2. The second-order valence-electron chi connectivity index (χ2n) is 12.1. The predicted molar refractivity (Wildman–Crippen MR) is 203 cm³/mol. The van der Waals surface area contributed by atoms with E-state index >= 15 is 0 Å². The molecule has 0 atom stereocenters. The van der Waals surface area contributed by atoms with Crippen molar-refractivity contribution >= 4 is 67.1 Å². The van der Waals surface area contributed by atoms with Crippen LogP contribution in [0.15, 0.2) is 181 Å². The third-order valence-electron chi connectivity index (χ3n) is 9.49. The maximum atomic E-state index is 6.24. The first kappa shape index (κ1) is 28.0. The molecule has 0 N–H and O–H groups in total. The maximum Gasteiger partial charge on any atom is 0.230 e. The number of nitrogens with zero attached hydrogens (tertiary/aromatic N) is 1. The fourth-order valence-corrected chi connectivity index (χ4v) is 11.1. The first-order chi connectivity index (χ1) is 23.8. The standard InChI is InChI=1S/C45H29NOSi/c1-4-14-32(15-5-1)45-39-22-12-10-20-36(39)38(37-21-11-13-23-40(37)45)27-29-48(33-16-6-2-7-17-33,34-18-8-3-9-19-34)35-24-25-43-41(30-35)42-31-46-28-26-44(42)47-43/h1-26,28,30-31H. The molecular weight excluding hydrogens is 599 g/mol. The minimum absolute atomic E-state index is 0.839. The van der Waals surface area contributed by atoms with Gasteiger partial charge in [-0.05, 0) is 66.4 Å². The smallest absolute Gasteiger partial charge is 0.230 e. The van der Waals surface area contributed by atoms with Gasteiger partial charge in [0.15, 0.2) is 0 Å². The fraction of sp³-hybridized carbons (Fsp3) is 0. The number of rotatable bonds is 4. The fourth-order valence-electron chi connectivity index (χ4n) is 7.28. The molecule has 9 rings (SSSR count). The van der Waals surface area contributed by atoms with E-state index in [1.165, 1.54) is 37.5 Å². The third kappa shape index (κ3) is 4.46. The third-order valence-corrected chi connectivity index (χ3v) is 13.6. The minimum atomic E-state index is -2.96. The molecule has 0 amide bonds. The molecule has 2 heterocycles. The summed E-state index contributed by atoms with van der Waals surface area (Å²) in [6, 6.07) is 58.4. The van der Waals surface area contributed by atoms with Gasteiger partial charge in [-0.15, -0.1) is 5.54 Å². The summed E-state index contributed by atoms with van der Waals surface area (Å²) >= 11 is 0. The molecule has 2 nitrogen and oxygen atoms in total. The Labute approximate surface area is 280 Å². The van der Waals surface area contributed by atoms with E-state index in [1.807, 2.05) is 12.3 Å². The van der Waals surface area contributed by atoms with Gasteiger partial charge in [0.2, 0.25) is 8.07 Å². The molecule has 0 saturated heterocycles. The quantitative estimate of drug-likeness (QED) is 0.0843. The zero-order valence-corrected chi connectivity index (χ0v) is 27.1. The first-order valence-corrected chi connectivity index (χ1v) is 18.2. The summed E-state index contributed by atoms with van der Waals surface area (Å²) in [4.78, 5) is 4.43. The molecule has 0 saturated carbocycles. The van der Waals surface area contributed by atoms with Crippen LogP contribution in [0.1, 0.15) is 5.56 Å². The van der Waals surface area contributed by atoms with Gasteiger partial charge in [0.05, 0.1) is 0 Å². The number of fused-ring (bicyclic) bond motifs is 5. The molecule has 0 aliphatic heterocycles. The molecule has 48 heavy (non-hydrogen) atoms. The number of aromatic nitrogens is 1. The van der Waals surface area contributed by atoms with Crippen molar-refractivity contribution in [2.24, 2.45) is 0 Å². The SMILES string of the molecule is C(#C[Si](c1ccccc1)(c1ccccc1)c1ccc2oc3ccncc3c2c1)c1c2ccccc2c(-c2ccccc2)c2ccccc12. The highest BCUT2D eigenvalue weighted by Crippen LogP contribution is 2.39. The summed E-state index contributed by atoms with van der Waals surface area (Å²) in [6.45, 7) is 0. The summed E-state index contributed by atoms with van der Waals surface area (Å²) < 4.78 is 6.24. The van der Waals surface area contributed by atoms with Crippen LogP contribution in [0.2, 0.25) is 0 Å². The lowest BCUT2D eigenvalue weighted by molar-refractivity contribution is 0.668. The Kier molecular flexibility index (Phi) is 6.74. The molecule has 0 unspecified atom stereocenters. The van der Waals surface area contributed by atoms with Crippen LogP contribution in [0.3, 0.4) is 0 Å². The number of pyridine rings is 1. The topological polar surface area (TPSA) is 26.0 Å². The van der Waals surface area contributed by atoms with Crippen LogP contribution in [0.4, 0.5) is 0 Å². The lowest BCUT2D eigenvalue weighted by atomic mass is 9.89. The summed E-state index contributed by atoms with van der Waals surface area (Å²) in [6.07, 6.45) is 3.68. The normalized spacial score (nSPS) is 11.6. The second-order valence-corrected chi connectivity index (χ2v) is 15.6. The molecule has 3 heteroatoms. The van der Waals surface area contributed by atoms with Gasteiger partial charge >= 0.3 is 0 Å². The highest BCUT2D eigenvalue weighted by molar-refractivity contribution is 7.17. The summed E-state index contributed by atoms with van der Waals surface area (Å²) in [5.74, 6) is 3.90. The van der Waals surface area contributed by atoms with E-state index in [1.54, 1.807) is 6.20 Å². The molecule has 2 aromatic heterocycles. The van der Waals surface area contributed by atoms with Crippen LogP contribution < -0.4 is 15.6 Å². The van der Waals surface area contributed by atoms with Crippen LogP contribution in [0.5, 0.6) is 0 Å². The Bertz CT molecular complexity index is 2570. The zero-order valence-electron chi connectivity index (χ0n) is 26.1. The van der Waals surface area contributed by atoms with Crippen molar-refractivity contribution in [3.8, 4) is 22.6 Å². The lowest BCUT2D eigenvalue weighted by Crippen LogP contribution is -2.66. The van der Waals surface area contributed by atoms with E-state index in [9.17, 15) is 0 Å². The van der Waals surface area contributed by atoms with Gasteiger partial charge in [-0.2, -0.15) is 0 Å². The minimum Gasteiger partial charge on any atom is -0.456 e. The summed E-state index contributed by atoms with van der Waals surface area (Å²) in [5.41, 5.74) is 9.29. The van der Waals surface area contributed by atoms with Crippen molar-refractivity contribution in [1.82, 2.24) is 4.98 Å². The van der Waals surface area contributed by atoms with Crippen molar-refractivity contribution in [3.05, 3.63) is 182 Å². The molecule has 0 aliphatic rings. The molecule has 0 spiro atoms. The van der Waals surface area contributed by atoms with Gasteiger partial charge in [-0.3, -0.25) is 4.98 Å². The molecule has 0 fully saturated rings. The van der Waals surface area contributed by atoms with Crippen LogP contribution in [-0.4, -0.2) is 13.1 Å². The molecule has 9 aromatic rings. The van der Waals surface area contributed by atoms with Gasteiger partial charge in [0.25, 0.3) is 0 Å². The van der Waals surface area contributed by atoms with Crippen molar-refractivity contribution in [2.45, 2.75) is 0 Å². The monoisotopic (exact) mass is 627 g/mol. The average Bonchev–Trinajstić information content (AvgIpc) is 3.54. The second kappa shape index (κ2) is 11.5. The van der Waals surface area contributed by atoms with Crippen LogP contribution in [0.25, 0.3) is 54.6 Å². The van der Waals surface area contributed by atoms with Gasteiger partial charge in [-0.1, -0.05) is 152 Å². The van der Waals surface area contributed by atoms with Gasteiger partial charge < -0.3 is 4.42 Å². The molecule has 0 bridgehead atoms. The van der Waals surface area contributed by atoms with E-state index in [-0.39, 0.29) is 0 Å². The van der Waals surface area contributed by atoms with Crippen molar-refractivity contribution in [1.29, 1.82) is 0 Å². The highest BCUT2D eigenvalue weighted by Gasteiger charge is 2.39. The number of furan rings is 1. The largest absolute Gasteiger partial charge is 0.456 e.